The van der Waals surface area contributed by atoms with E-state index in [2.05, 4.69) is 182 Å². The number of para-hydroxylation sites is 1. The van der Waals surface area contributed by atoms with Crippen LogP contribution in [0.25, 0.3) is 77.1 Å². The van der Waals surface area contributed by atoms with Gasteiger partial charge in [-0.05, 0) is 74.8 Å². The number of pyridine rings is 1. The molecule has 0 unspecified atom stereocenters. The van der Waals surface area contributed by atoms with Crippen LogP contribution < -0.4 is 0 Å². The predicted molar refractivity (Wildman–Crippen MR) is 215 cm³/mol. The van der Waals surface area contributed by atoms with E-state index >= 15 is 0 Å². The van der Waals surface area contributed by atoms with E-state index in [-0.39, 0.29) is 0 Å². The van der Waals surface area contributed by atoms with Crippen molar-refractivity contribution in [3.63, 3.8) is 0 Å². The van der Waals surface area contributed by atoms with Crippen molar-refractivity contribution in [2.75, 3.05) is 0 Å². The fourth-order valence-corrected chi connectivity index (χ4v) is 8.93. The zero-order chi connectivity index (χ0) is 34.2. The Bertz CT molecular complexity index is 2960. The van der Waals surface area contributed by atoms with Crippen LogP contribution in [0, 0.1) is 0 Å². The molecule has 1 aliphatic carbocycles. The minimum atomic E-state index is -0.454. The van der Waals surface area contributed by atoms with Crippen LogP contribution in [-0.4, -0.2) is 4.98 Å². The molecule has 0 saturated carbocycles. The maximum atomic E-state index is 6.39. The monoisotopic (exact) mass is 661 g/mol. The number of rotatable bonds is 4. The minimum Gasteiger partial charge on any atom is -0.456 e. The first kappa shape index (κ1) is 29.0. The highest BCUT2D eigenvalue weighted by atomic mass is 16.3. The van der Waals surface area contributed by atoms with Crippen LogP contribution >= 0.6 is 0 Å². The van der Waals surface area contributed by atoms with Crippen molar-refractivity contribution in [3.05, 3.63) is 210 Å². The van der Waals surface area contributed by atoms with Gasteiger partial charge in [0.1, 0.15) is 11.2 Å². The SMILES string of the molecule is c1ccc(-c2nc3cc(-c4ccc5c(c4)C(c4ccccc4)(c4ccccc4)c4ccccc4-5)ccc3c3c2ccc2oc4ccccc4c23)cc1. The van der Waals surface area contributed by atoms with E-state index < -0.39 is 5.41 Å². The molecule has 0 saturated heterocycles. The number of benzene rings is 8. The Morgan fingerprint density at radius 1 is 0.385 bits per heavy atom. The van der Waals surface area contributed by atoms with Gasteiger partial charge in [-0.25, -0.2) is 4.98 Å². The quantitative estimate of drug-likeness (QED) is 0.175. The predicted octanol–water partition coefficient (Wildman–Crippen LogP) is 13.0. The van der Waals surface area contributed by atoms with Gasteiger partial charge in [0, 0.05) is 32.5 Å². The lowest BCUT2D eigenvalue weighted by Crippen LogP contribution is -2.28. The molecule has 242 valence electrons. The Kier molecular flexibility index (Phi) is 6.20. The van der Waals surface area contributed by atoms with Crippen molar-refractivity contribution in [3.8, 4) is 33.5 Å². The molecule has 0 N–H and O–H groups in total. The molecule has 52 heavy (non-hydrogen) atoms. The second kappa shape index (κ2) is 11.1. The summed E-state index contributed by atoms with van der Waals surface area (Å²) in [5.41, 5.74) is 14.4. The molecule has 8 aromatic carbocycles. The van der Waals surface area contributed by atoms with Crippen LogP contribution in [0.1, 0.15) is 22.3 Å². The third-order valence-electron chi connectivity index (χ3n) is 11.1. The lowest BCUT2D eigenvalue weighted by Gasteiger charge is -2.34. The first-order valence-corrected chi connectivity index (χ1v) is 17.9. The molecule has 11 rings (SSSR count). The van der Waals surface area contributed by atoms with E-state index in [0.717, 1.165) is 55.0 Å². The van der Waals surface area contributed by atoms with Crippen LogP contribution in [0.15, 0.2) is 192 Å². The van der Waals surface area contributed by atoms with Crippen molar-refractivity contribution in [1.82, 2.24) is 4.98 Å². The highest BCUT2D eigenvalue weighted by Gasteiger charge is 2.46. The van der Waals surface area contributed by atoms with E-state index in [1.54, 1.807) is 0 Å². The Balaban J connectivity index is 1.19. The zero-order valence-corrected chi connectivity index (χ0v) is 28.3. The van der Waals surface area contributed by atoms with Gasteiger partial charge < -0.3 is 4.42 Å². The molecule has 0 radical (unpaired) electrons. The third kappa shape index (κ3) is 4.03. The molecular weight excluding hydrogens is 631 g/mol. The fourth-order valence-electron chi connectivity index (χ4n) is 8.93. The summed E-state index contributed by atoms with van der Waals surface area (Å²) in [7, 11) is 0. The van der Waals surface area contributed by atoms with Gasteiger partial charge in [0.2, 0.25) is 0 Å². The summed E-state index contributed by atoms with van der Waals surface area (Å²) in [6, 6.07) is 67.9. The summed E-state index contributed by atoms with van der Waals surface area (Å²) in [5, 5.41) is 5.67. The molecule has 2 aromatic heterocycles. The Labute approximate surface area is 301 Å². The van der Waals surface area contributed by atoms with Crippen LogP contribution in [-0.2, 0) is 5.41 Å². The van der Waals surface area contributed by atoms with E-state index in [9.17, 15) is 0 Å². The van der Waals surface area contributed by atoms with Gasteiger partial charge in [-0.15, -0.1) is 0 Å². The fraction of sp³-hybridized carbons (Fsp3) is 0.0200. The number of hydrogen-bond donors (Lipinski definition) is 0. The smallest absolute Gasteiger partial charge is 0.136 e. The van der Waals surface area contributed by atoms with Gasteiger partial charge >= 0.3 is 0 Å². The number of furan rings is 1. The van der Waals surface area contributed by atoms with Crippen molar-refractivity contribution >= 4 is 43.6 Å². The van der Waals surface area contributed by atoms with Crippen LogP contribution in [0.3, 0.4) is 0 Å². The molecule has 0 atom stereocenters. The second-order valence-electron chi connectivity index (χ2n) is 13.8. The highest BCUT2D eigenvalue weighted by molar-refractivity contribution is 6.28. The second-order valence-corrected chi connectivity index (χ2v) is 13.8. The maximum Gasteiger partial charge on any atom is 0.136 e. The molecule has 2 heterocycles. The van der Waals surface area contributed by atoms with E-state index in [4.69, 9.17) is 9.40 Å². The number of hydrogen-bond acceptors (Lipinski definition) is 2. The van der Waals surface area contributed by atoms with Crippen LogP contribution in [0.4, 0.5) is 0 Å². The molecule has 0 spiro atoms. The summed E-state index contributed by atoms with van der Waals surface area (Å²) in [6.45, 7) is 0. The molecule has 0 amide bonds. The van der Waals surface area contributed by atoms with Gasteiger partial charge in [-0.1, -0.05) is 158 Å². The van der Waals surface area contributed by atoms with Gasteiger partial charge in [0.05, 0.1) is 16.6 Å². The summed E-state index contributed by atoms with van der Waals surface area (Å²) >= 11 is 0. The third-order valence-corrected chi connectivity index (χ3v) is 11.1. The number of aromatic nitrogens is 1. The Morgan fingerprint density at radius 2 is 1.00 bits per heavy atom. The standard InChI is InChI=1S/C50H31NO/c1-4-14-32(15-5-1)49-41-28-29-46-48(40-21-11-13-23-45(40)52-46)47(41)39-27-25-34(31-44(39)51-49)33-24-26-38-37-20-10-12-22-42(37)50(43(38)30-33,35-16-6-2-7-17-35)36-18-8-3-9-19-36/h1-31H. The molecule has 10 aromatic rings. The van der Waals surface area contributed by atoms with E-state index in [1.165, 1.54) is 44.3 Å². The van der Waals surface area contributed by atoms with E-state index in [0.29, 0.717) is 0 Å². The maximum absolute atomic E-state index is 6.39. The molecule has 2 nitrogen and oxygen atoms in total. The summed E-state index contributed by atoms with van der Waals surface area (Å²) < 4.78 is 6.39. The average Bonchev–Trinajstić information content (AvgIpc) is 3.75. The molecule has 2 heteroatoms. The molecule has 0 aliphatic heterocycles. The Hall–Kier alpha value is -6.77. The topological polar surface area (TPSA) is 26.0 Å². The van der Waals surface area contributed by atoms with Gasteiger partial charge in [-0.2, -0.15) is 0 Å². The van der Waals surface area contributed by atoms with Crippen LogP contribution in [0.2, 0.25) is 0 Å². The largest absolute Gasteiger partial charge is 0.456 e. The molecular formula is C50H31NO. The number of nitrogens with zero attached hydrogens (tertiary/aromatic N) is 1. The molecule has 1 aliphatic rings. The zero-order valence-electron chi connectivity index (χ0n) is 28.3. The summed E-state index contributed by atoms with van der Waals surface area (Å²) in [6.07, 6.45) is 0. The van der Waals surface area contributed by atoms with Crippen LogP contribution in [0.5, 0.6) is 0 Å². The normalized spacial score (nSPS) is 13.2. The highest BCUT2D eigenvalue weighted by Crippen LogP contribution is 2.56. The van der Waals surface area contributed by atoms with Crippen molar-refractivity contribution in [2.45, 2.75) is 5.41 Å². The molecule has 0 fully saturated rings. The first-order valence-electron chi connectivity index (χ1n) is 17.9. The lowest BCUT2D eigenvalue weighted by molar-refractivity contribution is 0.669. The van der Waals surface area contributed by atoms with Gasteiger partial charge in [0.15, 0.2) is 0 Å². The lowest BCUT2D eigenvalue weighted by atomic mass is 9.67. The van der Waals surface area contributed by atoms with E-state index in [1.807, 2.05) is 6.07 Å². The first-order chi connectivity index (χ1) is 25.8. The molecule has 0 bridgehead atoms. The number of fused-ring (bicyclic) bond motifs is 10. The van der Waals surface area contributed by atoms with Crippen molar-refractivity contribution in [2.24, 2.45) is 0 Å². The summed E-state index contributed by atoms with van der Waals surface area (Å²) in [4.78, 5) is 5.43. The van der Waals surface area contributed by atoms with Gasteiger partial charge in [0.25, 0.3) is 0 Å². The van der Waals surface area contributed by atoms with Crippen molar-refractivity contribution < 1.29 is 4.42 Å². The minimum absolute atomic E-state index is 0.454. The summed E-state index contributed by atoms with van der Waals surface area (Å²) in [5.74, 6) is 0. The Morgan fingerprint density at radius 3 is 1.79 bits per heavy atom. The average molecular weight is 662 g/mol. The van der Waals surface area contributed by atoms with Gasteiger partial charge in [-0.3, -0.25) is 0 Å². The van der Waals surface area contributed by atoms with Crippen molar-refractivity contribution in [1.29, 1.82) is 0 Å².